The molecule has 1 saturated carbocycles. The van der Waals surface area contributed by atoms with Crippen LogP contribution in [-0.4, -0.2) is 25.7 Å². The molecule has 1 amide bonds. The maximum absolute atomic E-state index is 12.5. The van der Waals surface area contributed by atoms with E-state index in [0.717, 1.165) is 52.2 Å². The Morgan fingerprint density at radius 2 is 1.35 bits per heavy atom. The van der Waals surface area contributed by atoms with Gasteiger partial charge < -0.3 is 5.32 Å². The van der Waals surface area contributed by atoms with E-state index in [1.807, 2.05) is 0 Å². The van der Waals surface area contributed by atoms with E-state index in [2.05, 4.69) is 18.5 Å². The fourth-order valence-corrected chi connectivity index (χ4v) is 3.23. The van der Waals surface area contributed by atoms with Gasteiger partial charge in [0.1, 0.15) is 6.54 Å². The van der Waals surface area contributed by atoms with Crippen molar-refractivity contribution in [3.05, 3.63) is 56.8 Å². The van der Waals surface area contributed by atoms with Gasteiger partial charge in [-0.25, -0.2) is 28.1 Å². The number of hydrogen-bond acceptors (Lipinski definition) is 4. The van der Waals surface area contributed by atoms with Crippen LogP contribution in [0.15, 0.2) is 39.7 Å². The van der Waals surface area contributed by atoms with Gasteiger partial charge in [-0.3, -0.25) is 4.79 Å². The predicted molar refractivity (Wildman–Crippen MR) is 99.2 cm³/mol. The fraction of sp³-hybridized carbons (Fsp3) is 0.556. The van der Waals surface area contributed by atoms with Gasteiger partial charge in [0.25, 0.3) is 0 Å². The molecule has 1 heterocycles. The Morgan fingerprint density at radius 3 is 1.81 bits per heavy atom. The molecule has 0 spiro atoms. The molecule has 2 rings (SSSR count). The number of nitrogens with zero attached hydrogens (tertiary/aromatic N) is 3. The molecule has 0 unspecified atom stereocenters. The Kier molecular flexibility index (Phi) is 6.94. The highest BCUT2D eigenvalue weighted by Gasteiger charge is 2.19. The van der Waals surface area contributed by atoms with E-state index in [1.165, 1.54) is 12.2 Å². The first-order valence-electron chi connectivity index (χ1n) is 8.95. The van der Waals surface area contributed by atoms with Gasteiger partial charge in [-0.2, -0.15) is 0 Å². The first-order chi connectivity index (χ1) is 12.5. The highest BCUT2D eigenvalue weighted by Crippen LogP contribution is 2.16. The quantitative estimate of drug-likeness (QED) is 0.560. The number of carbonyl (C=O) groups excluding carboxylic acids is 1. The predicted octanol–water partition coefficient (Wildman–Crippen LogP) is 0.383. The van der Waals surface area contributed by atoms with Crippen LogP contribution in [0.1, 0.15) is 38.5 Å². The second-order valence-corrected chi connectivity index (χ2v) is 6.49. The van der Waals surface area contributed by atoms with Crippen molar-refractivity contribution in [2.24, 2.45) is 0 Å². The summed E-state index contributed by atoms with van der Waals surface area (Å²) in [5.74, 6) is -0.398. The minimum absolute atomic E-state index is 0.0423. The molecule has 26 heavy (non-hydrogen) atoms. The molecular formula is C18H26N4O4. The van der Waals surface area contributed by atoms with Crippen molar-refractivity contribution in [1.82, 2.24) is 19.0 Å². The molecule has 1 aromatic heterocycles. The molecule has 1 aliphatic rings. The van der Waals surface area contributed by atoms with Crippen LogP contribution < -0.4 is 22.4 Å². The zero-order valence-corrected chi connectivity index (χ0v) is 15.0. The van der Waals surface area contributed by atoms with E-state index in [1.54, 1.807) is 0 Å². The minimum atomic E-state index is -0.809. The van der Waals surface area contributed by atoms with Gasteiger partial charge in [0.05, 0.1) is 13.1 Å². The SMILES string of the molecule is C=CCn1c(=O)n(CC=C)c(=O)n(CC(=O)NC2CCCCCC2)c1=O. The molecule has 8 heteroatoms. The normalized spacial score (nSPS) is 15.2. The molecule has 1 aliphatic carbocycles. The summed E-state index contributed by atoms with van der Waals surface area (Å²) in [4.78, 5) is 49.7. The maximum Gasteiger partial charge on any atom is 0.337 e. The van der Waals surface area contributed by atoms with Crippen molar-refractivity contribution in [3.63, 3.8) is 0 Å². The monoisotopic (exact) mass is 362 g/mol. The van der Waals surface area contributed by atoms with Crippen molar-refractivity contribution in [2.45, 2.75) is 64.2 Å². The van der Waals surface area contributed by atoms with E-state index in [4.69, 9.17) is 0 Å². The molecule has 0 aliphatic heterocycles. The van der Waals surface area contributed by atoms with E-state index in [-0.39, 0.29) is 19.1 Å². The number of aromatic nitrogens is 3. The van der Waals surface area contributed by atoms with Gasteiger partial charge in [-0.05, 0) is 12.8 Å². The molecule has 1 aromatic rings. The Balaban J connectivity index is 2.32. The van der Waals surface area contributed by atoms with Crippen LogP contribution in [0.25, 0.3) is 0 Å². The molecule has 8 nitrogen and oxygen atoms in total. The van der Waals surface area contributed by atoms with Crippen LogP contribution in [0.3, 0.4) is 0 Å². The van der Waals surface area contributed by atoms with Gasteiger partial charge in [0.15, 0.2) is 0 Å². The summed E-state index contributed by atoms with van der Waals surface area (Å²) in [6.45, 7) is 6.54. The average Bonchev–Trinajstić information content (AvgIpc) is 2.88. The molecule has 0 radical (unpaired) electrons. The number of hydrogen-bond donors (Lipinski definition) is 1. The van der Waals surface area contributed by atoms with Crippen LogP contribution in [-0.2, 0) is 24.4 Å². The van der Waals surface area contributed by atoms with Crippen molar-refractivity contribution in [2.75, 3.05) is 0 Å². The van der Waals surface area contributed by atoms with Crippen LogP contribution in [0.5, 0.6) is 0 Å². The van der Waals surface area contributed by atoms with Crippen LogP contribution >= 0.6 is 0 Å². The van der Waals surface area contributed by atoms with Gasteiger partial charge >= 0.3 is 17.1 Å². The lowest BCUT2D eigenvalue weighted by atomic mass is 10.1. The third-order valence-electron chi connectivity index (χ3n) is 4.53. The number of allylic oxidation sites excluding steroid dienone is 2. The molecule has 0 aromatic carbocycles. The molecule has 0 atom stereocenters. The van der Waals surface area contributed by atoms with Crippen LogP contribution in [0.4, 0.5) is 0 Å². The van der Waals surface area contributed by atoms with Gasteiger partial charge in [-0.1, -0.05) is 37.8 Å². The molecular weight excluding hydrogens is 336 g/mol. The molecule has 0 bridgehead atoms. The summed E-state index contributed by atoms with van der Waals surface area (Å²) >= 11 is 0. The maximum atomic E-state index is 12.5. The van der Waals surface area contributed by atoms with Crippen molar-refractivity contribution < 1.29 is 4.79 Å². The summed E-state index contributed by atoms with van der Waals surface area (Å²) in [7, 11) is 0. The first-order valence-corrected chi connectivity index (χ1v) is 8.95. The average molecular weight is 362 g/mol. The first kappa shape index (κ1) is 19.7. The number of rotatable bonds is 7. The second kappa shape index (κ2) is 9.17. The third kappa shape index (κ3) is 4.50. The van der Waals surface area contributed by atoms with Crippen molar-refractivity contribution in [1.29, 1.82) is 0 Å². The topological polar surface area (TPSA) is 95.1 Å². The van der Waals surface area contributed by atoms with Gasteiger partial charge in [0, 0.05) is 6.04 Å². The zero-order valence-electron chi connectivity index (χ0n) is 15.0. The number of carbonyl (C=O) groups is 1. The standard InChI is InChI=1S/C18H26N4O4/c1-3-11-20-16(24)21(12-4-2)18(26)22(17(20)25)13-15(23)19-14-9-7-5-6-8-10-14/h3-4,14H,1-2,5-13H2,(H,19,23). The van der Waals surface area contributed by atoms with Crippen LogP contribution in [0, 0.1) is 0 Å². The Labute approximate surface area is 151 Å². The van der Waals surface area contributed by atoms with E-state index in [9.17, 15) is 19.2 Å². The smallest absolute Gasteiger partial charge is 0.337 e. The molecule has 1 fully saturated rings. The number of nitrogens with one attached hydrogen (secondary N) is 1. The Morgan fingerprint density at radius 1 is 0.885 bits per heavy atom. The molecule has 142 valence electrons. The van der Waals surface area contributed by atoms with Crippen LogP contribution in [0.2, 0.25) is 0 Å². The van der Waals surface area contributed by atoms with E-state index in [0.29, 0.717) is 0 Å². The lowest BCUT2D eigenvalue weighted by Gasteiger charge is -2.17. The highest BCUT2D eigenvalue weighted by atomic mass is 16.2. The van der Waals surface area contributed by atoms with Gasteiger partial charge in [0.2, 0.25) is 5.91 Å². The lowest BCUT2D eigenvalue weighted by molar-refractivity contribution is -0.122. The fourth-order valence-electron chi connectivity index (χ4n) is 3.23. The Hall–Kier alpha value is -2.64. The highest BCUT2D eigenvalue weighted by molar-refractivity contribution is 5.76. The summed E-state index contributed by atoms with van der Waals surface area (Å²) in [6.07, 6.45) is 9.01. The number of amides is 1. The van der Waals surface area contributed by atoms with E-state index < -0.39 is 29.5 Å². The summed E-state index contributed by atoms with van der Waals surface area (Å²) in [6, 6.07) is 0.0650. The summed E-state index contributed by atoms with van der Waals surface area (Å²) in [5.41, 5.74) is -2.35. The largest absolute Gasteiger partial charge is 0.352 e. The molecule has 1 N–H and O–H groups in total. The zero-order chi connectivity index (χ0) is 19.1. The lowest BCUT2D eigenvalue weighted by Crippen LogP contribution is -2.55. The summed E-state index contributed by atoms with van der Waals surface area (Å²) in [5, 5.41) is 2.90. The molecule has 0 saturated heterocycles. The Bertz CT molecular complexity index is 790. The summed E-state index contributed by atoms with van der Waals surface area (Å²) < 4.78 is 2.56. The van der Waals surface area contributed by atoms with Gasteiger partial charge in [-0.15, -0.1) is 13.2 Å². The minimum Gasteiger partial charge on any atom is -0.352 e. The van der Waals surface area contributed by atoms with E-state index >= 15 is 0 Å². The second-order valence-electron chi connectivity index (χ2n) is 6.49. The third-order valence-corrected chi connectivity index (χ3v) is 4.53. The van der Waals surface area contributed by atoms with Crippen molar-refractivity contribution >= 4 is 5.91 Å². The van der Waals surface area contributed by atoms with Crippen molar-refractivity contribution in [3.8, 4) is 0 Å².